The zero-order chi connectivity index (χ0) is 8.10. The zero-order valence-electron chi connectivity index (χ0n) is 5.99. The summed E-state index contributed by atoms with van der Waals surface area (Å²) in [5.74, 6) is -0.225. The molecule has 0 saturated carbocycles. The number of carbonyl (C=O) groups excluding carboxylic acids is 1. The number of nitrogens with zero attached hydrogens (tertiary/aromatic N) is 1. The number of rotatable bonds is 3. The molecule has 0 bridgehead atoms. The second-order valence-corrected chi connectivity index (χ2v) is 2.13. The summed E-state index contributed by atoms with van der Waals surface area (Å²) in [7, 11) is 0. The highest BCUT2D eigenvalue weighted by Crippen LogP contribution is 2.03. The lowest BCUT2D eigenvalue weighted by atomic mass is 10.2. The van der Waals surface area contributed by atoms with Gasteiger partial charge in [0, 0.05) is 19.2 Å². The molecule has 0 aromatic carbocycles. The largest absolute Gasteiger partial charge is 0.395 e. The van der Waals surface area contributed by atoms with Gasteiger partial charge in [0.05, 0.1) is 6.61 Å². The summed E-state index contributed by atoms with van der Waals surface area (Å²) in [5, 5.41) is 14.3. The lowest BCUT2D eigenvalue weighted by molar-refractivity contribution is -0.131. The maximum atomic E-state index is 11.0. The molecule has 0 aromatic heterocycles. The topological polar surface area (TPSA) is 70.9 Å². The third-order valence-corrected chi connectivity index (χ3v) is 1.29. The first-order chi connectivity index (χ1) is 5.34. The molecule has 0 aliphatic carbocycles. The Morgan fingerprint density at radius 2 is 2.73 bits per heavy atom. The maximum Gasteiger partial charge on any atom is 0.264 e. The molecule has 1 atom stereocenters. The van der Waals surface area contributed by atoms with E-state index in [4.69, 9.17) is 5.11 Å². The van der Waals surface area contributed by atoms with E-state index in [1.165, 1.54) is 0 Å². The Labute approximate surface area is 64.0 Å². The van der Waals surface area contributed by atoms with Gasteiger partial charge in [0.15, 0.2) is 0 Å². The van der Waals surface area contributed by atoms with Crippen LogP contribution in [-0.2, 0) is 9.63 Å². The highest BCUT2D eigenvalue weighted by molar-refractivity contribution is 5.84. The van der Waals surface area contributed by atoms with Crippen LogP contribution in [-0.4, -0.2) is 36.5 Å². The number of carbonyl (C=O) groups is 1. The molecule has 62 valence electrons. The summed E-state index contributed by atoms with van der Waals surface area (Å²) in [6.45, 7) is 0.206. The van der Waals surface area contributed by atoms with Gasteiger partial charge in [-0.2, -0.15) is 0 Å². The first-order valence-corrected chi connectivity index (χ1v) is 3.41. The Kier molecular flexibility index (Phi) is 2.85. The Morgan fingerprint density at radius 3 is 3.27 bits per heavy atom. The molecule has 0 aromatic rings. The normalized spacial score (nSPS) is 21.4. The number of hydrogen-bond acceptors (Lipinski definition) is 4. The predicted molar refractivity (Wildman–Crippen MR) is 38.1 cm³/mol. The van der Waals surface area contributed by atoms with Crippen molar-refractivity contribution in [3.63, 3.8) is 0 Å². The smallest absolute Gasteiger partial charge is 0.264 e. The van der Waals surface area contributed by atoms with Crippen LogP contribution < -0.4 is 5.32 Å². The minimum Gasteiger partial charge on any atom is -0.395 e. The SMILES string of the molecule is O=C(NCCO)C1CC=NO1. The van der Waals surface area contributed by atoms with E-state index in [0.717, 1.165) is 0 Å². The van der Waals surface area contributed by atoms with E-state index in [1.54, 1.807) is 6.21 Å². The lowest BCUT2D eigenvalue weighted by Crippen LogP contribution is -2.35. The van der Waals surface area contributed by atoms with E-state index >= 15 is 0 Å². The first-order valence-electron chi connectivity index (χ1n) is 3.41. The predicted octanol–water partition coefficient (Wildman–Crippen LogP) is -1.13. The van der Waals surface area contributed by atoms with E-state index in [0.29, 0.717) is 6.42 Å². The van der Waals surface area contributed by atoms with Gasteiger partial charge in [-0.05, 0) is 0 Å². The van der Waals surface area contributed by atoms with Crippen LogP contribution in [0.1, 0.15) is 6.42 Å². The summed E-state index contributed by atoms with van der Waals surface area (Å²) in [5.41, 5.74) is 0. The minimum atomic E-state index is -0.499. The number of aliphatic hydroxyl groups excluding tert-OH is 1. The van der Waals surface area contributed by atoms with Crippen molar-refractivity contribution < 1.29 is 14.7 Å². The molecule has 1 heterocycles. The number of nitrogens with one attached hydrogen (secondary N) is 1. The van der Waals surface area contributed by atoms with Crippen molar-refractivity contribution in [1.82, 2.24) is 5.32 Å². The first kappa shape index (κ1) is 8.00. The number of hydrogen-bond donors (Lipinski definition) is 2. The van der Waals surface area contributed by atoms with Crippen LogP contribution in [0.3, 0.4) is 0 Å². The Balaban J connectivity index is 2.19. The molecule has 2 N–H and O–H groups in total. The average molecular weight is 158 g/mol. The molecule has 0 saturated heterocycles. The van der Waals surface area contributed by atoms with Crippen LogP contribution in [0.2, 0.25) is 0 Å². The van der Waals surface area contributed by atoms with Crippen molar-refractivity contribution in [3.05, 3.63) is 0 Å². The van der Waals surface area contributed by atoms with Crippen LogP contribution in [0.15, 0.2) is 5.16 Å². The van der Waals surface area contributed by atoms with Gasteiger partial charge in [-0.3, -0.25) is 4.79 Å². The summed E-state index contributed by atoms with van der Waals surface area (Å²) < 4.78 is 0. The van der Waals surface area contributed by atoms with Gasteiger partial charge in [-0.15, -0.1) is 0 Å². The fourth-order valence-electron chi connectivity index (χ4n) is 0.746. The van der Waals surface area contributed by atoms with Gasteiger partial charge in [0.1, 0.15) is 0 Å². The van der Waals surface area contributed by atoms with E-state index in [-0.39, 0.29) is 19.1 Å². The van der Waals surface area contributed by atoms with Crippen LogP contribution in [0.25, 0.3) is 0 Å². The zero-order valence-corrected chi connectivity index (χ0v) is 5.99. The van der Waals surface area contributed by atoms with E-state index in [9.17, 15) is 4.79 Å². The van der Waals surface area contributed by atoms with Crippen molar-refractivity contribution in [3.8, 4) is 0 Å². The van der Waals surface area contributed by atoms with Crippen LogP contribution >= 0.6 is 0 Å². The van der Waals surface area contributed by atoms with Gasteiger partial charge in [0.2, 0.25) is 6.10 Å². The standard InChI is InChI=1S/C6H10N2O3/c9-4-3-7-6(10)5-1-2-8-11-5/h2,5,9H,1,3-4H2,(H,7,10). The van der Waals surface area contributed by atoms with Crippen LogP contribution in [0.5, 0.6) is 0 Å². The molecular weight excluding hydrogens is 148 g/mol. The monoisotopic (exact) mass is 158 g/mol. The van der Waals surface area contributed by atoms with Crippen LogP contribution in [0, 0.1) is 0 Å². The summed E-state index contributed by atoms with van der Waals surface area (Å²) in [6.07, 6.45) is 1.56. The van der Waals surface area contributed by atoms with Crippen molar-refractivity contribution in [2.45, 2.75) is 12.5 Å². The molecule has 1 aliphatic heterocycles. The number of aliphatic hydroxyl groups is 1. The number of amides is 1. The van der Waals surface area contributed by atoms with Gasteiger partial charge >= 0.3 is 0 Å². The van der Waals surface area contributed by atoms with Gasteiger partial charge in [-0.1, -0.05) is 5.16 Å². The molecule has 5 heteroatoms. The number of oxime groups is 1. The highest BCUT2D eigenvalue weighted by atomic mass is 16.6. The molecule has 5 nitrogen and oxygen atoms in total. The van der Waals surface area contributed by atoms with Gasteiger partial charge in [-0.25, -0.2) is 0 Å². The maximum absolute atomic E-state index is 11.0. The molecular formula is C6H10N2O3. The van der Waals surface area contributed by atoms with E-state index < -0.39 is 6.10 Å². The van der Waals surface area contributed by atoms with E-state index in [1.807, 2.05) is 0 Å². The highest BCUT2D eigenvalue weighted by Gasteiger charge is 2.21. The summed E-state index contributed by atoms with van der Waals surface area (Å²) in [4.78, 5) is 15.7. The second kappa shape index (κ2) is 3.92. The third-order valence-electron chi connectivity index (χ3n) is 1.29. The molecule has 1 unspecified atom stereocenters. The fourth-order valence-corrected chi connectivity index (χ4v) is 0.746. The third kappa shape index (κ3) is 2.19. The average Bonchev–Trinajstić information content (AvgIpc) is 2.52. The second-order valence-electron chi connectivity index (χ2n) is 2.13. The van der Waals surface area contributed by atoms with Crippen molar-refractivity contribution >= 4 is 12.1 Å². The quantitative estimate of drug-likeness (QED) is 0.546. The van der Waals surface area contributed by atoms with Gasteiger partial charge in [0.25, 0.3) is 5.91 Å². The molecule has 0 radical (unpaired) electrons. The van der Waals surface area contributed by atoms with Crippen LogP contribution in [0.4, 0.5) is 0 Å². The molecule has 0 fully saturated rings. The Hall–Kier alpha value is -1.10. The molecule has 0 spiro atoms. The Bertz CT molecular complexity index is 161. The van der Waals surface area contributed by atoms with Crippen molar-refractivity contribution in [2.24, 2.45) is 5.16 Å². The Morgan fingerprint density at radius 1 is 1.91 bits per heavy atom. The van der Waals surface area contributed by atoms with Gasteiger partial charge < -0.3 is 15.3 Å². The minimum absolute atomic E-state index is 0.0562. The molecule has 1 rings (SSSR count). The van der Waals surface area contributed by atoms with Crippen molar-refractivity contribution in [1.29, 1.82) is 0 Å². The summed E-state index contributed by atoms with van der Waals surface area (Å²) in [6, 6.07) is 0. The molecule has 1 amide bonds. The molecule has 11 heavy (non-hydrogen) atoms. The fraction of sp³-hybridized carbons (Fsp3) is 0.667. The molecule has 1 aliphatic rings. The van der Waals surface area contributed by atoms with E-state index in [2.05, 4.69) is 15.3 Å². The van der Waals surface area contributed by atoms with Crippen molar-refractivity contribution in [2.75, 3.05) is 13.2 Å². The lowest BCUT2D eigenvalue weighted by Gasteiger charge is -2.07. The summed E-state index contributed by atoms with van der Waals surface area (Å²) >= 11 is 0.